The number of non-ortho nitro benzene ring substituents is 1. The Morgan fingerprint density at radius 2 is 1.89 bits per heavy atom. The lowest BCUT2D eigenvalue weighted by atomic mass is 10.0. The van der Waals surface area contributed by atoms with Gasteiger partial charge in [0.2, 0.25) is 0 Å². The summed E-state index contributed by atoms with van der Waals surface area (Å²) in [6, 6.07) is 13.2. The molecule has 0 amide bonds. The van der Waals surface area contributed by atoms with Crippen molar-refractivity contribution in [2.75, 3.05) is 13.2 Å². The Morgan fingerprint density at radius 3 is 2.49 bits per heavy atom. The van der Waals surface area contributed by atoms with Gasteiger partial charge in [-0.05, 0) is 52.8 Å². The van der Waals surface area contributed by atoms with Crippen LogP contribution in [0, 0.1) is 10.1 Å². The van der Waals surface area contributed by atoms with Crippen molar-refractivity contribution < 1.29 is 25.0 Å². The fourth-order valence-corrected chi connectivity index (χ4v) is 4.94. The van der Waals surface area contributed by atoms with Crippen molar-refractivity contribution in [1.29, 1.82) is 0 Å². The van der Waals surface area contributed by atoms with Crippen molar-refractivity contribution in [1.82, 2.24) is 4.90 Å². The smallest absolute Gasteiger partial charge is 0.325 e. The highest BCUT2D eigenvalue weighted by atomic mass is 35.5. The van der Waals surface area contributed by atoms with E-state index < -0.39 is 29.1 Å². The van der Waals surface area contributed by atoms with E-state index in [2.05, 4.69) is 11.4 Å². The minimum atomic E-state index is -1.02. The van der Waals surface area contributed by atoms with Crippen LogP contribution in [0.3, 0.4) is 0 Å². The number of carboxylic acids is 1. The summed E-state index contributed by atoms with van der Waals surface area (Å²) < 4.78 is 0. The number of aliphatic carboxylic acids is 1. The Kier molecular flexibility index (Phi) is 9.33. The molecule has 11 heteroatoms. The SMILES string of the molecule is N[C@H](CO)[C@H](O)c1ccc([N+](=O)[O-])cc1.O=C(O)[C@H](c1ccccc1Cl)N1CCc2sccc2C1. The number of carbonyl (C=O) groups is 1. The van der Waals surface area contributed by atoms with E-state index in [0.717, 1.165) is 13.0 Å². The van der Waals surface area contributed by atoms with Crippen LogP contribution in [0.4, 0.5) is 5.69 Å². The molecule has 9 nitrogen and oxygen atoms in total. The van der Waals surface area contributed by atoms with Gasteiger partial charge in [0.05, 0.1) is 23.7 Å². The van der Waals surface area contributed by atoms with Gasteiger partial charge in [-0.15, -0.1) is 11.3 Å². The summed E-state index contributed by atoms with van der Waals surface area (Å²) in [6.45, 7) is 1.06. The summed E-state index contributed by atoms with van der Waals surface area (Å²) in [4.78, 5) is 24.9. The number of benzene rings is 2. The summed E-state index contributed by atoms with van der Waals surface area (Å²) in [5, 5.41) is 40.8. The molecular formula is C24H26ClN3O6S. The lowest BCUT2D eigenvalue weighted by Gasteiger charge is -2.32. The molecule has 0 spiro atoms. The summed E-state index contributed by atoms with van der Waals surface area (Å²) >= 11 is 7.92. The third-order valence-corrected chi connectivity index (χ3v) is 7.07. The number of nitro groups is 1. The molecule has 1 aromatic heterocycles. The second-order valence-corrected chi connectivity index (χ2v) is 9.40. The molecule has 3 atom stereocenters. The summed E-state index contributed by atoms with van der Waals surface area (Å²) in [6.07, 6.45) is -0.114. The standard InChI is InChI=1S/C15H14ClNO2S.C9H12N2O4/c16-12-4-2-1-3-11(12)14(15(18)19)17-7-5-13-10(9-17)6-8-20-13;10-8(5-12)9(13)6-1-3-7(4-2-6)11(14)15/h1-4,6,8,14H,5,7,9H2,(H,18,19);1-4,8-9,12-13H,5,10H2/t14-;8-,9-/m01/s1. The maximum absolute atomic E-state index is 11.7. The Hall–Kier alpha value is -2.86. The van der Waals surface area contributed by atoms with Crippen LogP contribution in [0.5, 0.6) is 0 Å². The number of hydrogen-bond acceptors (Lipinski definition) is 8. The predicted octanol–water partition coefficient (Wildman–Crippen LogP) is 3.53. The van der Waals surface area contributed by atoms with E-state index >= 15 is 0 Å². The fourth-order valence-electron chi connectivity index (χ4n) is 3.81. The first-order chi connectivity index (χ1) is 16.7. The van der Waals surface area contributed by atoms with Gasteiger partial charge in [-0.25, -0.2) is 0 Å². The Morgan fingerprint density at radius 1 is 1.20 bits per heavy atom. The predicted molar refractivity (Wildman–Crippen MR) is 133 cm³/mol. The molecule has 0 saturated carbocycles. The van der Waals surface area contributed by atoms with E-state index in [1.807, 2.05) is 17.0 Å². The van der Waals surface area contributed by atoms with Gasteiger partial charge in [0.1, 0.15) is 6.04 Å². The van der Waals surface area contributed by atoms with E-state index in [1.54, 1.807) is 23.5 Å². The van der Waals surface area contributed by atoms with Gasteiger partial charge in [-0.2, -0.15) is 0 Å². The van der Waals surface area contributed by atoms with E-state index in [0.29, 0.717) is 22.7 Å². The number of nitrogens with zero attached hydrogens (tertiary/aromatic N) is 2. The Balaban J connectivity index is 0.000000205. The van der Waals surface area contributed by atoms with Crippen molar-refractivity contribution in [3.63, 3.8) is 0 Å². The number of fused-ring (bicyclic) bond motifs is 1. The van der Waals surface area contributed by atoms with Crippen LogP contribution >= 0.6 is 22.9 Å². The average Bonchev–Trinajstić information content (AvgIpc) is 3.33. The molecule has 1 aliphatic rings. The number of carboxylic acid groups (broad SMARTS) is 1. The number of thiophene rings is 1. The molecule has 5 N–H and O–H groups in total. The average molecular weight is 520 g/mol. The van der Waals surface area contributed by atoms with E-state index in [1.165, 1.54) is 34.7 Å². The van der Waals surface area contributed by atoms with E-state index in [-0.39, 0.29) is 12.3 Å². The van der Waals surface area contributed by atoms with Crippen LogP contribution < -0.4 is 5.73 Å². The molecule has 0 bridgehead atoms. The minimum absolute atomic E-state index is 0.0523. The van der Waals surface area contributed by atoms with Crippen LogP contribution in [0.2, 0.25) is 5.02 Å². The first-order valence-corrected chi connectivity index (χ1v) is 12.0. The van der Waals surface area contributed by atoms with Gasteiger partial charge in [-0.1, -0.05) is 29.8 Å². The first-order valence-electron chi connectivity index (χ1n) is 10.8. The maximum atomic E-state index is 11.7. The van der Waals surface area contributed by atoms with Crippen molar-refractivity contribution in [2.45, 2.75) is 31.2 Å². The van der Waals surface area contributed by atoms with Crippen molar-refractivity contribution >= 4 is 34.6 Å². The Labute approximate surface area is 211 Å². The molecule has 0 fully saturated rings. The third-order valence-electron chi connectivity index (χ3n) is 5.70. The molecule has 2 heterocycles. The first kappa shape index (κ1) is 26.7. The molecule has 0 aliphatic carbocycles. The summed E-state index contributed by atoms with van der Waals surface area (Å²) in [5.74, 6) is -0.850. The van der Waals surface area contributed by atoms with Crippen LogP contribution in [0.1, 0.15) is 33.7 Å². The minimum Gasteiger partial charge on any atom is -0.480 e. The zero-order valence-electron chi connectivity index (χ0n) is 18.7. The topological polar surface area (TPSA) is 150 Å². The number of rotatable bonds is 7. The molecule has 35 heavy (non-hydrogen) atoms. The fraction of sp³-hybridized carbons (Fsp3) is 0.292. The highest BCUT2D eigenvalue weighted by Gasteiger charge is 2.31. The van der Waals surface area contributed by atoms with Gasteiger partial charge >= 0.3 is 5.97 Å². The molecule has 1 aliphatic heterocycles. The van der Waals surface area contributed by atoms with Crippen molar-refractivity contribution in [3.05, 3.63) is 96.7 Å². The molecule has 4 rings (SSSR count). The van der Waals surface area contributed by atoms with Gasteiger partial charge < -0.3 is 21.1 Å². The van der Waals surface area contributed by atoms with Gasteiger partial charge in [0, 0.05) is 35.1 Å². The quantitative estimate of drug-likeness (QED) is 0.273. The van der Waals surface area contributed by atoms with Crippen molar-refractivity contribution in [2.24, 2.45) is 5.73 Å². The highest BCUT2D eigenvalue weighted by Crippen LogP contribution is 2.33. The number of aliphatic hydroxyl groups is 2. The molecule has 0 unspecified atom stereocenters. The number of halogens is 1. The monoisotopic (exact) mass is 519 g/mol. The largest absolute Gasteiger partial charge is 0.480 e. The lowest BCUT2D eigenvalue weighted by molar-refractivity contribution is -0.384. The molecule has 3 aromatic rings. The highest BCUT2D eigenvalue weighted by molar-refractivity contribution is 7.10. The number of nitro benzene ring substituents is 1. The summed E-state index contributed by atoms with van der Waals surface area (Å²) in [5.41, 5.74) is 7.71. The normalized spacial score (nSPS) is 15.8. The number of nitrogens with two attached hydrogens (primary N) is 1. The van der Waals surface area contributed by atoms with Crippen LogP contribution in [-0.4, -0.2) is 50.3 Å². The summed E-state index contributed by atoms with van der Waals surface area (Å²) in [7, 11) is 0. The number of hydrogen-bond donors (Lipinski definition) is 4. The van der Waals surface area contributed by atoms with Crippen LogP contribution in [0.25, 0.3) is 0 Å². The van der Waals surface area contributed by atoms with Gasteiger partial charge in [0.25, 0.3) is 5.69 Å². The van der Waals surface area contributed by atoms with Crippen molar-refractivity contribution in [3.8, 4) is 0 Å². The van der Waals surface area contributed by atoms with E-state index in [4.69, 9.17) is 22.4 Å². The third kappa shape index (κ3) is 6.63. The zero-order chi connectivity index (χ0) is 25.5. The maximum Gasteiger partial charge on any atom is 0.325 e. The van der Waals surface area contributed by atoms with Crippen LogP contribution in [0.15, 0.2) is 60.0 Å². The molecule has 186 valence electrons. The molecule has 0 radical (unpaired) electrons. The number of aliphatic hydroxyl groups excluding tert-OH is 2. The molecule has 2 aromatic carbocycles. The van der Waals surface area contributed by atoms with Gasteiger partial charge in [0.15, 0.2) is 0 Å². The Bertz CT molecular complexity index is 1160. The lowest BCUT2D eigenvalue weighted by Crippen LogP contribution is -2.37. The van der Waals surface area contributed by atoms with E-state index in [9.17, 15) is 25.1 Å². The zero-order valence-corrected chi connectivity index (χ0v) is 20.2. The van der Waals surface area contributed by atoms with Crippen LogP contribution in [-0.2, 0) is 17.8 Å². The molecular weight excluding hydrogens is 494 g/mol. The second kappa shape index (κ2) is 12.2. The van der Waals surface area contributed by atoms with Gasteiger partial charge in [-0.3, -0.25) is 19.8 Å². The molecule has 0 saturated heterocycles. The second-order valence-electron chi connectivity index (χ2n) is 7.99.